The second-order valence-electron chi connectivity index (χ2n) is 2.46. The van der Waals surface area contributed by atoms with Gasteiger partial charge in [0.2, 0.25) is 0 Å². The molecule has 0 spiro atoms. The zero-order valence-corrected chi connectivity index (χ0v) is 7.17. The number of aromatic nitrogens is 2. The molecule has 1 rings (SSSR count). The summed E-state index contributed by atoms with van der Waals surface area (Å²) in [5, 5.41) is 2.64. The number of anilines is 1. The Kier molecular flexibility index (Phi) is 3.06. The highest BCUT2D eigenvalue weighted by Crippen LogP contribution is 2.27. The van der Waals surface area contributed by atoms with Crippen LogP contribution in [0.4, 0.5) is 19.0 Å². The van der Waals surface area contributed by atoms with Gasteiger partial charge in [0.25, 0.3) is 0 Å². The van der Waals surface area contributed by atoms with Crippen molar-refractivity contribution in [2.45, 2.75) is 6.18 Å². The molecule has 0 fully saturated rings. The van der Waals surface area contributed by atoms with Crippen molar-refractivity contribution in [2.24, 2.45) is 0 Å². The van der Waals surface area contributed by atoms with Crippen LogP contribution in [0.3, 0.4) is 0 Å². The Morgan fingerprint density at radius 2 is 2.14 bits per heavy atom. The highest BCUT2D eigenvalue weighted by atomic mass is 19.4. The first-order valence-electron chi connectivity index (χ1n) is 3.78. The van der Waals surface area contributed by atoms with Crippen LogP contribution >= 0.6 is 0 Å². The van der Waals surface area contributed by atoms with Gasteiger partial charge in [-0.05, 0) is 0 Å². The van der Waals surface area contributed by atoms with E-state index in [-0.39, 0.29) is 5.82 Å². The topological polar surface area (TPSA) is 37.8 Å². The Morgan fingerprint density at radius 3 is 2.71 bits per heavy atom. The lowest BCUT2D eigenvalue weighted by Crippen LogP contribution is -2.10. The van der Waals surface area contributed by atoms with E-state index in [1.165, 1.54) is 6.08 Å². The maximum absolute atomic E-state index is 12.2. The van der Waals surface area contributed by atoms with E-state index in [1.54, 1.807) is 0 Å². The molecule has 0 radical (unpaired) electrons. The first-order valence-corrected chi connectivity index (χ1v) is 3.78. The molecule has 1 aromatic heterocycles. The van der Waals surface area contributed by atoms with E-state index in [9.17, 15) is 13.2 Å². The number of rotatable bonds is 3. The summed E-state index contributed by atoms with van der Waals surface area (Å²) in [6, 6.07) is 0.851. The van der Waals surface area contributed by atoms with Crippen molar-refractivity contribution >= 4 is 5.82 Å². The predicted molar refractivity (Wildman–Crippen MR) is 45.7 cm³/mol. The second-order valence-corrected chi connectivity index (χ2v) is 2.46. The van der Waals surface area contributed by atoms with Gasteiger partial charge in [-0.15, -0.1) is 6.58 Å². The van der Waals surface area contributed by atoms with Gasteiger partial charge in [-0.3, -0.25) is 0 Å². The number of alkyl halides is 3. The van der Waals surface area contributed by atoms with E-state index >= 15 is 0 Å². The third-order valence-corrected chi connectivity index (χ3v) is 1.39. The lowest BCUT2D eigenvalue weighted by Gasteiger charge is -2.07. The normalized spacial score (nSPS) is 11.1. The predicted octanol–water partition coefficient (Wildman–Crippen LogP) is 2.09. The molecule has 14 heavy (non-hydrogen) atoms. The van der Waals surface area contributed by atoms with E-state index in [0.717, 1.165) is 12.4 Å². The van der Waals surface area contributed by atoms with Crippen LogP contribution in [0.5, 0.6) is 0 Å². The van der Waals surface area contributed by atoms with Gasteiger partial charge < -0.3 is 5.32 Å². The van der Waals surface area contributed by atoms with Gasteiger partial charge in [0.15, 0.2) is 0 Å². The summed E-state index contributed by atoms with van der Waals surface area (Å²) in [6.07, 6.45) is -2.04. The minimum Gasteiger partial charge on any atom is -0.367 e. The molecule has 0 saturated heterocycles. The van der Waals surface area contributed by atoms with Crippen molar-refractivity contribution in [2.75, 3.05) is 11.9 Å². The van der Waals surface area contributed by atoms with E-state index in [1.807, 2.05) is 0 Å². The Labute approximate surface area is 78.7 Å². The average molecular weight is 203 g/mol. The van der Waals surface area contributed by atoms with Crippen molar-refractivity contribution in [3.05, 3.63) is 30.7 Å². The fourth-order valence-electron chi connectivity index (χ4n) is 0.786. The molecule has 1 N–H and O–H groups in total. The van der Waals surface area contributed by atoms with Crippen molar-refractivity contribution in [1.29, 1.82) is 0 Å². The Hall–Kier alpha value is -1.59. The number of halogens is 3. The molecule has 0 unspecified atom stereocenters. The van der Waals surface area contributed by atoms with Crippen LogP contribution in [0, 0.1) is 0 Å². The smallest absolute Gasteiger partial charge is 0.367 e. The first-order chi connectivity index (χ1) is 6.54. The van der Waals surface area contributed by atoms with Crippen LogP contribution in [0.2, 0.25) is 0 Å². The fourth-order valence-corrected chi connectivity index (χ4v) is 0.786. The zero-order chi connectivity index (χ0) is 10.6. The van der Waals surface area contributed by atoms with Gasteiger partial charge in [0, 0.05) is 12.6 Å². The summed E-state index contributed by atoms with van der Waals surface area (Å²) in [5.41, 5.74) is -0.959. The molecule has 1 aromatic rings. The summed E-state index contributed by atoms with van der Waals surface area (Å²) in [7, 11) is 0. The summed E-state index contributed by atoms with van der Waals surface area (Å²) in [5.74, 6) is 0.132. The maximum atomic E-state index is 12.2. The molecule has 0 saturated carbocycles. The van der Waals surface area contributed by atoms with Crippen LogP contribution in [-0.4, -0.2) is 16.5 Å². The van der Waals surface area contributed by atoms with E-state index in [4.69, 9.17) is 0 Å². The van der Waals surface area contributed by atoms with Crippen molar-refractivity contribution in [3.8, 4) is 0 Å². The number of hydrogen-bond acceptors (Lipinski definition) is 3. The average Bonchev–Trinajstić information content (AvgIpc) is 2.14. The zero-order valence-electron chi connectivity index (χ0n) is 7.17. The molecule has 76 valence electrons. The molecule has 0 atom stereocenters. The van der Waals surface area contributed by atoms with Crippen molar-refractivity contribution < 1.29 is 13.2 Å². The molecule has 1 heterocycles. The molecule has 0 aromatic carbocycles. The van der Waals surface area contributed by atoms with Gasteiger partial charge in [0.1, 0.15) is 17.8 Å². The quantitative estimate of drug-likeness (QED) is 0.764. The minimum absolute atomic E-state index is 0.132. The first kappa shape index (κ1) is 10.5. The molecule has 0 aliphatic rings. The van der Waals surface area contributed by atoms with Crippen LogP contribution < -0.4 is 5.32 Å². The number of hydrogen-bond donors (Lipinski definition) is 1. The second kappa shape index (κ2) is 4.08. The van der Waals surface area contributed by atoms with Crippen molar-refractivity contribution in [1.82, 2.24) is 9.97 Å². The largest absolute Gasteiger partial charge is 0.433 e. The van der Waals surface area contributed by atoms with Crippen LogP contribution in [0.25, 0.3) is 0 Å². The van der Waals surface area contributed by atoms with E-state index in [2.05, 4.69) is 21.9 Å². The maximum Gasteiger partial charge on any atom is 0.433 e. The lowest BCUT2D eigenvalue weighted by atomic mass is 10.4. The molecule has 0 bridgehead atoms. The van der Waals surface area contributed by atoms with E-state index in [0.29, 0.717) is 6.54 Å². The van der Waals surface area contributed by atoms with Gasteiger partial charge in [-0.2, -0.15) is 13.2 Å². The lowest BCUT2D eigenvalue weighted by molar-refractivity contribution is -0.141. The van der Waals surface area contributed by atoms with Crippen LogP contribution in [-0.2, 0) is 6.18 Å². The molecule has 0 aliphatic heterocycles. The SMILES string of the molecule is C=CCNc1cc(C(F)(F)F)ncn1. The standard InChI is InChI=1S/C8H8F3N3/c1-2-3-12-7-4-6(8(9,10)11)13-5-14-7/h2,4-5H,1,3H2,(H,12,13,14). The van der Waals surface area contributed by atoms with Crippen molar-refractivity contribution in [3.63, 3.8) is 0 Å². The number of nitrogens with zero attached hydrogens (tertiary/aromatic N) is 2. The Balaban J connectivity index is 2.84. The minimum atomic E-state index is -4.44. The molecular formula is C8H8F3N3. The Bertz CT molecular complexity index is 322. The van der Waals surface area contributed by atoms with Crippen LogP contribution in [0.1, 0.15) is 5.69 Å². The summed E-state index contributed by atoms with van der Waals surface area (Å²) in [4.78, 5) is 6.74. The summed E-state index contributed by atoms with van der Waals surface area (Å²) >= 11 is 0. The third-order valence-electron chi connectivity index (χ3n) is 1.39. The highest BCUT2D eigenvalue weighted by Gasteiger charge is 2.32. The number of nitrogens with one attached hydrogen (secondary N) is 1. The van der Waals surface area contributed by atoms with Gasteiger partial charge in [0.05, 0.1) is 0 Å². The van der Waals surface area contributed by atoms with E-state index < -0.39 is 11.9 Å². The molecule has 0 amide bonds. The third kappa shape index (κ3) is 2.72. The monoisotopic (exact) mass is 203 g/mol. The van der Waals surface area contributed by atoms with Gasteiger partial charge in [-0.1, -0.05) is 6.08 Å². The van der Waals surface area contributed by atoms with Crippen LogP contribution in [0.15, 0.2) is 25.0 Å². The Morgan fingerprint density at radius 1 is 1.43 bits per heavy atom. The fraction of sp³-hybridized carbons (Fsp3) is 0.250. The summed E-state index contributed by atoms with van der Waals surface area (Å²) in [6.45, 7) is 3.77. The summed E-state index contributed by atoms with van der Waals surface area (Å²) < 4.78 is 36.5. The highest BCUT2D eigenvalue weighted by molar-refractivity contribution is 5.36. The van der Waals surface area contributed by atoms with Gasteiger partial charge in [-0.25, -0.2) is 9.97 Å². The molecule has 6 heteroatoms. The van der Waals surface area contributed by atoms with Gasteiger partial charge >= 0.3 is 6.18 Å². The molecule has 0 aliphatic carbocycles. The molecule has 3 nitrogen and oxygen atoms in total. The molecular weight excluding hydrogens is 195 g/mol.